The molecule has 0 heterocycles. The second-order valence-corrected chi connectivity index (χ2v) is 7.62. The highest BCUT2D eigenvalue weighted by molar-refractivity contribution is 6.00. The zero-order valence-corrected chi connectivity index (χ0v) is 17.6. The van der Waals surface area contributed by atoms with Crippen molar-refractivity contribution in [1.29, 1.82) is 0 Å². The van der Waals surface area contributed by atoms with Gasteiger partial charge < -0.3 is 20.1 Å². The lowest BCUT2D eigenvalue weighted by Gasteiger charge is -2.19. The van der Waals surface area contributed by atoms with Crippen LogP contribution < -0.4 is 15.4 Å². The van der Waals surface area contributed by atoms with E-state index in [1.54, 1.807) is 31.2 Å². The molecule has 2 aromatic rings. The Morgan fingerprint density at radius 1 is 1.00 bits per heavy atom. The fourth-order valence-electron chi connectivity index (χ4n) is 2.66. The van der Waals surface area contributed by atoms with Crippen LogP contribution in [0.1, 0.15) is 50.0 Å². The lowest BCUT2D eigenvalue weighted by Crippen LogP contribution is -2.31. The molecule has 156 valence electrons. The van der Waals surface area contributed by atoms with Crippen molar-refractivity contribution in [2.45, 2.75) is 39.5 Å². The Morgan fingerprint density at radius 3 is 2.34 bits per heavy atom. The lowest BCUT2D eigenvalue weighted by atomic mass is 9.87. The average molecular weight is 399 g/mol. The Balaban J connectivity index is 1.73. The maximum atomic E-state index is 12.1. The Kier molecular flexibility index (Phi) is 8.07. The summed E-state index contributed by atoms with van der Waals surface area (Å²) in [6.07, 6.45) is 0.661. The normalized spacial score (nSPS) is 10.9. The number of para-hydroxylation sites is 1. The first-order valence-electron chi connectivity index (χ1n) is 9.85. The summed E-state index contributed by atoms with van der Waals surface area (Å²) in [5.74, 6) is 0.347. The fourth-order valence-corrected chi connectivity index (χ4v) is 2.66. The van der Waals surface area contributed by atoms with Gasteiger partial charge in [0.2, 0.25) is 0 Å². The quantitative estimate of drug-likeness (QED) is 0.497. The number of hydrogen-bond donors (Lipinski definition) is 2. The van der Waals surface area contributed by atoms with Crippen LogP contribution in [0, 0.1) is 0 Å². The molecule has 0 aliphatic rings. The molecular weight excluding hydrogens is 368 g/mol. The smallest absolute Gasteiger partial charge is 0.340 e. The molecule has 0 saturated carbocycles. The van der Waals surface area contributed by atoms with E-state index in [0.717, 1.165) is 5.75 Å². The van der Waals surface area contributed by atoms with Gasteiger partial charge in [-0.1, -0.05) is 45.0 Å². The van der Waals surface area contributed by atoms with Crippen LogP contribution in [0.3, 0.4) is 0 Å². The van der Waals surface area contributed by atoms with Crippen molar-refractivity contribution in [3.63, 3.8) is 0 Å². The monoisotopic (exact) mass is 398 g/mol. The standard InChI is InChI=1S/C23H30N2O4/c1-5-28-21(26)19-9-6-7-10-20(19)25-22(27)24-15-8-16-29-18-13-11-17(12-14-18)23(2,3)4/h6-7,9-14H,5,8,15-16H2,1-4H3,(H2,24,25,27). The summed E-state index contributed by atoms with van der Waals surface area (Å²) in [6.45, 7) is 9.47. The highest BCUT2D eigenvalue weighted by Gasteiger charge is 2.14. The number of urea groups is 1. The largest absolute Gasteiger partial charge is 0.494 e. The summed E-state index contributed by atoms with van der Waals surface area (Å²) in [4.78, 5) is 24.0. The highest BCUT2D eigenvalue weighted by atomic mass is 16.5. The third-order valence-electron chi connectivity index (χ3n) is 4.27. The van der Waals surface area contributed by atoms with E-state index in [4.69, 9.17) is 9.47 Å². The minimum absolute atomic E-state index is 0.113. The van der Waals surface area contributed by atoms with Gasteiger partial charge in [0, 0.05) is 6.54 Å². The van der Waals surface area contributed by atoms with E-state index in [9.17, 15) is 9.59 Å². The number of esters is 1. The average Bonchev–Trinajstić information content (AvgIpc) is 2.68. The van der Waals surface area contributed by atoms with Gasteiger partial charge >= 0.3 is 12.0 Å². The molecule has 6 nitrogen and oxygen atoms in total. The number of carbonyl (C=O) groups is 2. The van der Waals surface area contributed by atoms with Gasteiger partial charge in [-0.3, -0.25) is 0 Å². The number of nitrogens with one attached hydrogen (secondary N) is 2. The molecule has 0 aliphatic carbocycles. The van der Waals surface area contributed by atoms with Crippen LogP contribution in [0.2, 0.25) is 0 Å². The zero-order valence-electron chi connectivity index (χ0n) is 17.6. The predicted octanol–water partition coefficient (Wildman–Crippen LogP) is 4.75. The fraction of sp³-hybridized carbons (Fsp3) is 0.391. The second-order valence-electron chi connectivity index (χ2n) is 7.62. The van der Waals surface area contributed by atoms with Gasteiger partial charge in [0.15, 0.2) is 0 Å². The number of hydrogen-bond acceptors (Lipinski definition) is 4. The Bertz CT molecular complexity index is 810. The third-order valence-corrected chi connectivity index (χ3v) is 4.27. The van der Waals surface area contributed by atoms with Crippen LogP contribution in [0.5, 0.6) is 5.75 Å². The van der Waals surface area contributed by atoms with Crippen LogP contribution in [-0.4, -0.2) is 31.8 Å². The zero-order chi connectivity index (χ0) is 21.3. The molecule has 2 aromatic carbocycles. The van der Waals surface area contributed by atoms with Crippen molar-refractivity contribution >= 4 is 17.7 Å². The molecule has 0 fully saturated rings. The number of benzene rings is 2. The molecule has 2 N–H and O–H groups in total. The van der Waals surface area contributed by atoms with Gasteiger partial charge in [-0.2, -0.15) is 0 Å². The van der Waals surface area contributed by atoms with Crippen LogP contribution in [0.4, 0.5) is 10.5 Å². The molecule has 0 bridgehead atoms. The number of amides is 2. The maximum Gasteiger partial charge on any atom is 0.340 e. The summed E-state index contributed by atoms with van der Waals surface area (Å²) >= 11 is 0. The van der Waals surface area contributed by atoms with Crippen molar-refractivity contribution in [2.75, 3.05) is 25.1 Å². The van der Waals surface area contributed by atoms with Crippen LogP contribution >= 0.6 is 0 Å². The van der Waals surface area contributed by atoms with E-state index >= 15 is 0 Å². The van der Waals surface area contributed by atoms with Crippen LogP contribution in [-0.2, 0) is 10.2 Å². The molecule has 0 atom stereocenters. The molecule has 2 rings (SSSR count). The summed E-state index contributed by atoms with van der Waals surface area (Å²) in [7, 11) is 0. The van der Waals surface area contributed by atoms with Crippen molar-refractivity contribution < 1.29 is 19.1 Å². The Labute approximate surface area is 172 Å². The minimum Gasteiger partial charge on any atom is -0.494 e. The molecular formula is C23H30N2O4. The van der Waals surface area contributed by atoms with E-state index < -0.39 is 5.97 Å². The first-order valence-corrected chi connectivity index (χ1v) is 9.85. The number of anilines is 1. The summed E-state index contributed by atoms with van der Waals surface area (Å²) in [5, 5.41) is 5.45. The minimum atomic E-state index is -0.464. The van der Waals surface area contributed by atoms with E-state index in [1.807, 2.05) is 12.1 Å². The highest BCUT2D eigenvalue weighted by Crippen LogP contribution is 2.24. The third kappa shape index (κ3) is 7.14. The van der Waals surface area contributed by atoms with Crippen LogP contribution in [0.25, 0.3) is 0 Å². The van der Waals surface area contributed by atoms with Gasteiger partial charge in [-0.05, 0) is 48.6 Å². The molecule has 0 spiro atoms. The van der Waals surface area contributed by atoms with E-state index in [2.05, 4.69) is 43.5 Å². The number of ether oxygens (including phenoxy) is 2. The lowest BCUT2D eigenvalue weighted by molar-refractivity contribution is 0.0527. The van der Waals surface area contributed by atoms with Gasteiger partial charge in [-0.25, -0.2) is 9.59 Å². The molecule has 0 unspecified atom stereocenters. The number of rotatable bonds is 8. The molecule has 6 heteroatoms. The molecule has 29 heavy (non-hydrogen) atoms. The summed E-state index contributed by atoms with van der Waals surface area (Å²) in [5.41, 5.74) is 2.11. The summed E-state index contributed by atoms with van der Waals surface area (Å²) < 4.78 is 10.7. The van der Waals surface area contributed by atoms with E-state index in [-0.39, 0.29) is 18.1 Å². The van der Waals surface area contributed by atoms with Crippen molar-refractivity contribution in [3.8, 4) is 5.75 Å². The van der Waals surface area contributed by atoms with Crippen LogP contribution in [0.15, 0.2) is 48.5 Å². The maximum absolute atomic E-state index is 12.1. The van der Waals surface area contributed by atoms with Gasteiger partial charge in [0.1, 0.15) is 5.75 Å². The van der Waals surface area contributed by atoms with E-state index in [0.29, 0.717) is 30.8 Å². The molecule has 2 amide bonds. The van der Waals surface area contributed by atoms with E-state index in [1.165, 1.54) is 5.56 Å². The van der Waals surface area contributed by atoms with Gasteiger partial charge in [0.25, 0.3) is 0 Å². The van der Waals surface area contributed by atoms with Crippen molar-refractivity contribution in [3.05, 3.63) is 59.7 Å². The first-order chi connectivity index (χ1) is 13.8. The Morgan fingerprint density at radius 2 is 1.69 bits per heavy atom. The Hall–Kier alpha value is -3.02. The number of carbonyl (C=O) groups excluding carboxylic acids is 2. The second kappa shape index (κ2) is 10.5. The first kappa shape index (κ1) is 22.3. The topological polar surface area (TPSA) is 76.7 Å². The van der Waals surface area contributed by atoms with Gasteiger partial charge in [0.05, 0.1) is 24.5 Å². The van der Waals surface area contributed by atoms with Crippen molar-refractivity contribution in [1.82, 2.24) is 5.32 Å². The molecule has 0 aliphatic heterocycles. The molecule has 0 saturated heterocycles. The molecule has 0 radical (unpaired) electrons. The van der Waals surface area contributed by atoms with Gasteiger partial charge in [-0.15, -0.1) is 0 Å². The summed E-state index contributed by atoms with van der Waals surface area (Å²) in [6, 6.07) is 14.4. The predicted molar refractivity (Wildman–Crippen MR) is 115 cm³/mol. The van der Waals surface area contributed by atoms with Crippen molar-refractivity contribution in [2.24, 2.45) is 0 Å². The molecule has 0 aromatic heterocycles. The SMILES string of the molecule is CCOC(=O)c1ccccc1NC(=O)NCCCOc1ccc(C(C)(C)C)cc1.